The van der Waals surface area contributed by atoms with E-state index in [-0.39, 0.29) is 12.0 Å². The Labute approximate surface area is 151 Å². The van der Waals surface area contributed by atoms with Gasteiger partial charge >= 0.3 is 0 Å². The molecule has 3 heterocycles. The minimum absolute atomic E-state index is 0.0590. The molecule has 0 aliphatic carbocycles. The highest BCUT2D eigenvalue weighted by atomic mass is 16.5. The molecule has 6 heteroatoms. The van der Waals surface area contributed by atoms with Crippen molar-refractivity contribution in [2.45, 2.75) is 12.5 Å². The van der Waals surface area contributed by atoms with Crippen LogP contribution in [0.15, 0.2) is 60.8 Å². The Bertz CT molecular complexity index is 865. The van der Waals surface area contributed by atoms with Gasteiger partial charge in [-0.25, -0.2) is 0 Å². The molecule has 0 saturated carbocycles. The molecule has 3 aromatic rings. The molecule has 1 aliphatic heterocycles. The van der Waals surface area contributed by atoms with E-state index in [0.29, 0.717) is 25.4 Å². The van der Waals surface area contributed by atoms with Crippen molar-refractivity contribution in [2.75, 3.05) is 19.7 Å². The summed E-state index contributed by atoms with van der Waals surface area (Å²) < 4.78 is 5.88. The molecule has 132 valence electrons. The number of H-pyrrole nitrogens is 1. The maximum Gasteiger partial charge on any atom is 0.272 e. The van der Waals surface area contributed by atoms with E-state index in [2.05, 4.69) is 22.3 Å². The van der Waals surface area contributed by atoms with Gasteiger partial charge in [0.25, 0.3) is 5.91 Å². The third-order valence-electron chi connectivity index (χ3n) is 4.47. The number of ether oxygens (including phenoxy) is 1. The van der Waals surface area contributed by atoms with Gasteiger partial charge in [0, 0.05) is 24.9 Å². The quantitative estimate of drug-likeness (QED) is 0.787. The van der Waals surface area contributed by atoms with Crippen LogP contribution in [0.2, 0.25) is 0 Å². The topological polar surface area (TPSA) is 71.1 Å². The first-order valence-corrected chi connectivity index (χ1v) is 8.69. The van der Waals surface area contributed by atoms with Crippen LogP contribution >= 0.6 is 0 Å². The van der Waals surface area contributed by atoms with E-state index >= 15 is 0 Å². The molecule has 1 atom stereocenters. The Morgan fingerprint density at radius 1 is 1.15 bits per heavy atom. The molecule has 0 spiro atoms. The van der Waals surface area contributed by atoms with Crippen molar-refractivity contribution in [3.05, 3.63) is 83.4 Å². The van der Waals surface area contributed by atoms with Gasteiger partial charge < -0.3 is 9.64 Å². The van der Waals surface area contributed by atoms with Gasteiger partial charge in [-0.2, -0.15) is 5.10 Å². The Balaban J connectivity index is 1.48. The second kappa shape index (κ2) is 7.49. The average molecular weight is 348 g/mol. The molecule has 1 aromatic carbocycles. The molecule has 4 rings (SSSR count). The number of amides is 1. The van der Waals surface area contributed by atoms with Crippen LogP contribution in [0, 0.1) is 0 Å². The fourth-order valence-electron chi connectivity index (χ4n) is 3.14. The minimum Gasteiger partial charge on any atom is -0.368 e. The highest BCUT2D eigenvalue weighted by Gasteiger charge is 2.27. The van der Waals surface area contributed by atoms with Crippen LogP contribution in [-0.4, -0.2) is 45.7 Å². The van der Waals surface area contributed by atoms with E-state index in [9.17, 15) is 4.79 Å². The zero-order valence-electron chi connectivity index (χ0n) is 14.3. The zero-order chi connectivity index (χ0) is 17.8. The molecule has 6 nitrogen and oxygen atoms in total. The Morgan fingerprint density at radius 2 is 2.04 bits per heavy atom. The SMILES string of the molecule is O=C(c1ccn[nH]1)N1CCO[C@H](c2cccc(Cc3ccccc3)n2)C1. The lowest BCUT2D eigenvalue weighted by atomic mass is 10.1. The highest BCUT2D eigenvalue weighted by Crippen LogP contribution is 2.22. The normalized spacial score (nSPS) is 17.2. The fraction of sp³-hybridized carbons (Fsp3) is 0.250. The van der Waals surface area contributed by atoms with Crippen LogP contribution in [0.3, 0.4) is 0 Å². The second-order valence-electron chi connectivity index (χ2n) is 6.30. The zero-order valence-corrected chi connectivity index (χ0v) is 14.3. The standard InChI is InChI=1S/C20H20N4O2/c25-20(18-9-10-21-23-18)24-11-12-26-19(14-24)17-8-4-7-16(22-17)13-15-5-2-1-3-6-15/h1-10,19H,11-14H2,(H,21,23)/t19-/m0/s1. The summed E-state index contributed by atoms with van der Waals surface area (Å²) in [6.45, 7) is 1.55. The van der Waals surface area contributed by atoms with E-state index in [1.54, 1.807) is 17.2 Å². The molecular weight excluding hydrogens is 328 g/mol. The number of rotatable bonds is 4. The Morgan fingerprint density at radius 3 is 2.85 bits per heavy atom. The lowest BCUT2D eigenvalue weighted by Gasteiger charge is -2.32. The number of hydrogen-bond acceptors (Lipinski definition) is 4. The van der Waals surface area contributed by atoms with Gasteiger partial charge in [0.2, 0.25) is 0 Å². The summed E-state index contributed by atoms with van der Waals surface area (Å²) >= 11 is 0. The molecular formula is C20H20N4O2. The van der Waals surface area contributed by atoms with Crippen LogP contribution < -0.4 is 0 Å². The van der Waals surface area contributed by atoms with Crippen molar-refractivity contribution in [1.29, 1.82) is 0 Å². The number of aromatic amines is 1. The van der Waals surface area contributed by atoms with Gasteiger partial charge in [0.15, 0.2) is 0 Å². The van der Waals surface area contributed by atoms with Crippen LogP contribution in [-0.2, 0) is 11.2 Å². The molecule has 1 aliphatic rings. The third kappa shape index (κ3) is 3.65. The lowest BCUT2D eigenvalue weighted by Crippen LogP contribution is -2.42. The minimum atomic E-state index is -0.216. The van der Waals surface area contributed by atoms with E-state index in [1.165, 1.54) is 5.56 Å². The number of nitrogens with one attached hydrogen (secondary N) is 1. The van der Waals surface area contributed by atoms with E-state index < -0.39 is 0 Å². The van der Waals surface area contributed by atoms with Gasteiger partial charge in [-0.05, 0) is 23.8 Å². The molecule has 0 radical (unpaired) electrons. The lowest BCUT2D eigenvalue weighted by molar-refractivity contribution is -0.0249. The summed E-state index contributed by atoms with van der Waals surface area (Å²) in [4.78, 5) is 19.1. The summed E-state index contributed by atoms with van der Waals surface area (Å²) in [5, 5.41) is 6.58. The summed E-state index contributed by atoms with van der Waals surface area (Å²) in [5.41, 5.74) is 3.57. The van der Waals surface area contributed by atoms with Crippen LogP contribution in [0.1, 0.15) is 33.5 Å². The summed E-state index contributed by atoms with van der Waals surface area (Å²) in [6, 6.07) is 17.9. The number of nitrogens with zero attached hydrogens (tertiary/aromatic N) is 3. The fourth-order valence-corrected chi connectivity index (χ4v) is 3.14. The number of morpholine rings is 1. The van der Waals surface area contributed by atoms with Gasteiger partial charge in [-0.1, -0.05) is 36.4 Å². The van der Waals surface area contributed by atoms with Crippen molar-refractivity contribution >= 4 is 5.91 Å². The van der Waals surface area contributed by atoms with Crippen molar-refractivity contribution in [3.63, 3.8) is 0 Å². The van der Waals surface area contributed by atoms with Gasteiger partial charge in [0.05, 0.1) is 18.8 Å². The highest BCUT2D eigenvalue weighted by molar-refractivity contribution is 5.92. The van der Waals surface area contributed by atoms with Crippen molar-refractivity contribution in [2.24, 2.45) is 0 Å². The van der Waals surface area contributed by atoms with Crippen LogP contribution in [0.25, 0.3) is 0 Å². The second-order valence-corrected chi connectivity index (χ2v) is 6.30. The number of carbonyl (C=O) groups is 1. The van der Waals surface area contributed by atoms with Crippen LogP contribution in [0.4, 0.5) is 0 Å². The van der Waals surface area contributed by atoms with Gasteiger partial charge in [-0.15, -0.1) is 0 Å². The molecule has 26 heavy (non-hydrogen) atoms. The van der Waals surface area contributed by atoms with Crippen molar-refractivity contribution < 1.29 is 9.53 Å². The number of benzene rings is 1. The average Bonchev–Trinajstić information content (AvgIpc) is 3.23. The van der Waals surface area contributed by atoms with Crippen LogP contribution in [0.5, 0.6) is 0 Å². The molecule has 1 amide bonds. The molecule has 2 aromatic heterocycles. The molecule has 1 fully saturated rings. The van der Waals surface area contributed by atoms with Gasteiger partial charge in [0.1, 0.15) is 11.8 Å². The largest absolute Gasteiger partial charge is 0.368 e. The van der Waals surface area contributed by atoms with E-state index in [1.807, 2.05) is 36.4 Å². The first-order chi connectivity index (χ1) is 12.8. The first-order valence-electron chi connectivity index (χ1n) is 8.69. The monoisotopic (exact) mass is 348 g/mol. The summed E-state index contributed by atoms with van der Waals surface area (Å²) in [5.74, 6) is -0.0590. The first kappa shape index (κ1) is 16.5. The summed E-state index contributed by atoms with van der Waals surface area (Å²) in [6.07, 6.45) is 2.14. The maximum atomic E-state index is 12.5. The third-order valence-corrected chi connectivity index (χ3v) is 4.47. The molecule has 1 N–H and O–H groups in total. The van der Waals surface area contributed by atoms with E-state index in [0.717, 1.165) is 17.8 Å². The number of aromatic nitrogens is 3. The summed E-state index contributed by atoms with van der Waals surface area (Å²) in [7, 11) is 0. The van der Waals surface area contributed by atoms with Gasteiger partial charge in [-0.3, -0.25) is 14.9 Å². The smallest absolute Gasteiger partial charge is 0.272 e. The predicted molar refractivity (Wildman–Crippen MR) is 96.7 cm³/mol. The number of hydrogen-bond donors (Lipinski definition) is 1. The Kier molecular flexibility index (Phi) is 4.75. The number of pyridine rings is 1. The number of carbonyl (C=O) groups excluding carboxylic acids is 1. The Hall–Kier alpha value is -2.99. The van der Waals surface area contributed by atoms with Crippen molar-refractivity contribution in [3.8, 4) is 0 Å². The molecule has 0 unspecified atom stereocenters. The maximum absolute atomic E-state index is 12.5. The molecule has 0 bridgehead atoms. The molecule has 1 saturated heterocycles. The van der Waals surface area contributed by atoms with Crippen molar-refractivity contribution in [1.82, 2.24) is 20.1 Å². The predicted octanol–water partition coefficient (Wildman–Crippen LogP) is 2.61. The van der Waals surface area contributed by atoms with E-state index in [4.69, 9.17) is 9.72 Å².